The number of ether oxygens (including phenoxy) is 1. The normalized spacial score (nSPS) is 13.1. The summed E-state index contributed by atoms with van der Waals surface area (Å²) in [5, 5.41) is 0. The van der Waals surface area contributed by atoms with Gasteiger partial charge in [0, 0.05) is 13.7 Å². The van der Waals surface area contributed by atoms with E-state index < -0.39 is 13.4 Å². The average Bonchev–Trinajstić information content (AvgIpc) is 3.07. The average molecular weight is 419 g/mol. The first-order valence-corrected chi connectivity index (χ1v) is 11.1. The summed E-state index contributed by atoms with van der Waals surface area (Å²) in [4.78, 5) is 12.9. The van der Waals surface area contributed by atoms with E-state index in [0.29, 0.717) is 30.0 Å². The molecule has 0 aliphatic heterocycles. The summed E-state index contributed by atoms with van der Waals surface area (Å²) >= 11 is 0. The van der Waals surface area contributed by atoms with E-state index in [4.69, 9.17) is 19.5 Å². The van der Waals surface area contributed by atoms with Gasteiger partial charge in [0.05, 0.1) is 13.2 Å². The van der Waals surface area contributed by atoms with E-state index in [2.05, 4.69) is 15.0 Å². The Bertz CT molecular complexity index is 985. The van der Waals surface area contributed by atoms with Crippen molar-refractivity contribution in [2.75, 3.05) is 26.1 Å². The summed E-state index contributed by atoms with van der Waals surface area (Å²) in [7, 11) is -2.19. The maximum Gasteiger partial charge on any atom is 0.366 e. The van der Waals surface area contributed by atoms with Gasteiger partial charge in [-0.25, -0.2) is 15.0 Å². The van der Waals surface area contributed by atoms with Crippen LogP contribution in [0.1, 0.15) is 31.1 Å². The third kappa shape index (κ3) is 4.48. The van der Waals surface area contributed by atoms with Gasteiger partial charge in [0.1, 0.15) is 6.33 Å². The molecule has 2 N–H and O–H groups in total. The first-order valence-electron chi connectivity index (χ1n) is 9.46. The van der Waals surface area contributed by atoms with E-state index in [0.717, 1.165) is 5.56 Å². The van der Waals surface area contributed by atoms with Crippen molar-refractivity contribution in [3.63, 3.8) is 0 Å². The number of imidazole rings is 1. The van der Waals surface area contributed by atoms with E-state index >= 15 is 0 Å². The van der Waals surface area contributed by atoms with E-state index in [1.807, 2.05) is 34.9 Å². The second-order valence-electron chi connectivity index (χ2n) is 6.25. The van der Waals surface area contributed by atoms with Gasteiger partial charge >= 0.3 is 7.60 Å². The number of hydrogen-bond acceptors (Lipinski definition) is 8. The van der Waals surface area contributed by atoms with E-state index in [1.165, 1.54) is 13.4 Å². The molecule has 0 aliphatic rings. The molecule has 0 amide bonds. The number of rotatable bonds is 10. The largest absolute Gasteiger partial charge is 0.382 e. The number of aromatic nitrogens is 4. The number of nitrogen functional groups attached to an aromatic ring is 1. The van der Waals surface area contributed by atoms with Gasteiger partial charge in [0.2, 0.25) is 5.85 Å². The van der Waals surface area contributed by atoms with E-state index in [-0.39, 0.29) is 19.0 Å². The Morgan fingerprint density at radius 1 is 1.14 bits per heavy atom. The van der Waals surface area contributed by atoms with Crippen LogP contribution >= 0.6 is 7.60 Å². The molecule has 3 rings (SSSR count). The molecule has 0 saturated carbocycles. The van der Waals surface area contributed by atoms with Crippen molar-refractivity contribution in [2.45, 2.75) is 32.7 Å². The van der Waals surface area contributed by atoms with Crippen molar-refractivity contribution in [1.82, 2.24) is 19.5 Å². The van der Waals surface area contributed by atoms with E-state index in [1.54, 1.807) is 13.8 Å². The molecule has 10 heteroatoms. The monoisotopic (exact) mass is 419 g/mol. The fourth-order valence-electron chi connectivity index (χ4n) is 3.17. The lowest BCUT2D eigenvalue weighted by atomic mass is 10.1. The highest BCUT2D eigenvalue weighted by atomic mass is 31.2. The summed E-state index contributed by atoms with van der Waals surface area (Å²) in [5.41, 5.74) is 8.14. The number of nitrogens with zero attached hydrogens (tertiary/aromatic N) is 4. The third-order valence-corrected chi connectivity index (χ3v) is 6.66. The molecule has 0 aliphatic carbocycles. The molecule has 3 aromatic rings. The number of methoxy groups -OCH3 is 1. The van der Waals surface area contributed by atoms with Gasteiger partial charge in [0.15, 0.2) is 22.8 Å². The fraction of sp³-hybridized carbons (Fsp3) is 0.421. The minimum Gasteiger partial charge on any atom is -0.382 e. The lowest BCUT2D eigenvalue weighted by molar-refractivity contribution is 0.102. The van der Waals surface area contributed by atoms with Crippen molar-refractivity contribution < 1.29 is 18.3 Å². The fourth-order valence-corrected chi connectivity index (χ4v) is 4.98. The molecular formula is C19H26N5O4P. The van der Waals surface area contributed by atoms with Crippen LogP contribution in [0.5, 0.6) is 0 Å². The minimum atomic E-state index is -3.64. The molecule has 1 aromatic carbocycles. The first-order chi connectivity index (χ1) is 14.0. The molecule has 2 heterocycles. The summed E-state index contributed by atoms with van der Waals surface area (Å²) in [6, 6.07) is 10.0. The molecular weight excluding hydrogens is 393 g/mol. The van der Waals surface area contributed by atoms with Gasteiger partial charge in [-0.1, -0.05) is 30.3 Å². The topological polar surface area (TPSA) is 114 Å². The molecule has 29 heavy (non-hydrogen) atoms. The number of hydrogen-bond donors (Lipinski definition) is 1. The molecule has 9 nitrogen and oxygen atoms in total. The standard InChI is InChI=1S/C19H26N5O4P/c1-4-27-29(25,28-5-2)19(26-3)18-23-15-16(20)21-13-22-17(15)24(18)12-11-14-9-7-6-8-10-14/h6-10,13,19H,4-5,11-12H2,1-3H3,(H2,20,21,22). The van der Waals surface area contributed by atoms with Crippen LogP contribution in [0.4, 0.5) is 5.82 Å². The predicted molar refractivity (Wildman–Crippen MR) is 110 cm³/mol. The van der Waals surface area contributed by atoms with Crippen LogP contribution in [0.25, 0.3) is 11.2 Å². The summed E-state index contributed by atoms with van der Waals surface area (Å²) < 4.78 is 31.9. The van der Waals surface area contributed by atoms with Crippen molar-refractivity contribution >= 4 is 24.6 Å². The maximum atomic E-state index is 13.4. The van der Waals surface area contributed by atoms with Gasteiger partial charge in [-0.2, -0.15) is 0 Å². The smallest absolute Gasteiger partial charge is 0.366 e. The Morgan fingerprint density at radius 2 is 1.83 bits per heavy atom. The zero-order valence-electron chi connectivity index (χ0n) is 16.8. The summed E-state index contributed by atoms with van der Waals surface area (Å²) in [5.74, 6) is -0.394. The van der Waals surface area contributed by atoms with Crippen LogP contribution in [0.2, 0.25) is 0 Å². The van der Waals surface area contributed by atoms with Crippen molar-refractivity contribution in [1.29, 1.82) is 0 Å². The van der Waals surface area contributed by atoms with E-state index in [9.17, 15) is 4.57 Å². The molecule has 0 bridgehead atoms. The van der Waals surface area contributed by atoms with Crippen molar-refractivity contribution in [3.05, 3.63) is 48.0 Å². The van der Waals surface area contributed by atoms with Crippen LogP contribution in [-0.4, -0.2) is 39.8 Å². The summed E-state index contributed by atoms with van der Waals surface area (Å²) in [6.07, 6.45) is 2.10. The van der Waals surface area contributed by atoms with Gasteiger partial charge in [0.25, 0.3) is 0 Å². The molecule has 0 fully saturated rings. The Kier molecular flexibility index (Phi) is 6.97. The molecule has 156 valence electrons. The quantitative estimate of drug-likeness (QED) is 0.496. The van der Waals surface area contributed by atoms with Crippen LogP contribution < -0.4 is 5.73 Å². The third-order valence-electron chi connectivity index (χ3n) is 4.41. The van der Waals surface area contributed by atoms with Crippen LogP contribution in [0.15, 0.2) is 36.7 Å². The van der Waals surface area contributed by atoms with Crippen molar-refractivity contribution in [3.8, 4) is 0 Å². The molecule has 0 saturated heterocycles. The highest BCUT2D eigenvalue weighted by Gasteiger charge is 2.41. The van der Waals surface area contributed by atoms with Crippen LogP contribution in [-0.2, 0) is 31.3 Å². The molecule has 1 atom stereocenters. The number of nitrogens with two attached hydrogens (primary N) is 1. The molecule has 2 aromatic heterocycles. The zero-order chi connectivity index (χ0) is 20.9. The number of aryl methyl sites for hydroxylation is 2. The Hall–Kier alpha value is -2.32. The first kappa shape index (κ1) is 21.4. The van der Waals surface area contributed by atoms with Gasteiger partial charge in [-0.05, 0) is 25.8 Å². The van der Waals surface area contributed by atoms with Crippen LogP contribution in [0.3, 0.4) is 0 Å². The van der Waals surface area contributed by atoms with Gasteiger partial charge in [-0.15, -0.1) is 0 Å². The summed E-state index contributed by atoms with van der Waals surface area (Å²) in [6.45, 7) is 4.46. The lowest BCUT2D eigenvalue weighted by Crippen LogP contribution is -2.16. The number of benzene rings is 1. The lowest BCUT2D eigenvalue weighted by Gasteiger charge is -2.25. The number of fused-ring (bicyclic) bond motifs is 1. The minimum absolute atomic E-state index is 0.212. The molecule has 0 radical (unpaired) electrons. The van der Waals surface area contributed by atoms with Crippen LogP contribution in [0, 0.1) is 0 Å². The number of anilines is 1. The zero-order valence-corrected chi connectivity index (χ0v) is 17.7. The highest BCUT2D eigenvalue weighted by Crippen LogP contribution is 2.61. The Labute approximate surface area is 169 Å². The Morgan fingerprint density at radius 3 is 2.45 bits per heavy atom. The second kappa shape index (κ2) is 9.45. The molecule has 0 spiro atoms. The van der Waals surface area contributed by atoms with Crippen molar-refractivity contribution in [2.24, 2.45) is 0 Å². The molecule has 1 unspecified atom stereocenters. The maximum absolute atomic E-state index is 13.4. The Balaban J connectivity index is 2.09. The van der Waals surface area contributed by atoms with Gasteiger partial charge in [-0.3, -0.25) is 4.57 Å². The SMILES string of the molecule is CCOP(=O)(OCC)C(OC)c1nc2c(N)ncnc2n1CCc1ccccc1. The predicted octanol–water partition coefficient (Wildman–Crippen LogP) is 3.56. The second-order valence-corrected chi connectivity index (χ2v) is 8.32. The van der Waals surface area contributed by atoms with Gasteiger partial charge < -0.3 is 24.1 Å². The highest BCUT2D eigenvalue weighted by molar-refractivity contribution is 7.54.